The average Bonchev–Trinajstić information content (AvgIpc) is 3.05. The van der Waals surface area contributed by atoms with E-state index in [1.54, 1.807) is 12.1 Å². The van der Waals surface area contributed by atoms with E-state index in [1.807, 2.05) is 24.0 Å². The van der Waals surface area contributed by atoms with E-state index in [4.69, 9.17) is 5.26 Å². The molecule has 0 radical (unpaired) electrons. The lowest BCUT2D eigenvalue weighted by molar-refractivity contribution is -0.133. The number of benzene rings is 1. The van der Waals surface area contributed by atoms with Crippen molar-refractivity contribution in [3.63, 3.8) is 0 Å². The number of piperazine rings is 1. The molecule has 0 saturated carbocycles. The van der Waals surface area contributed by atoms with Crippen LogP contribution in [-0.4, -0.2) is 57.1 Å². The van der Waals surface area contributed by atoms with Crippen LogP contribution < -0.4 is 0 Å². The van der Waals surface area contributed by atoms with Crippen molar-refractivity contribution in [1.29, 1.82) is 5.26 Å². The maximum atomic E-state index is 12.4. The fourth-order valence-corrected chi connectivity index (χ4v) is 2.97. The Labute approximate surface area is 147 Å². The van der Waals surface area contributed by atoms with E-state index < -0.39 is 0 Å². The number of aromatic nitrogens is 3. The molecule has 0 bridgehead atoms. The largest absolute Gasteiger partial charge is 0.340 e. The maximum Gasteiger partial charge on any atom is 0.222 e. The van der Waals surface area contributed by atoms with Crippen LogP contribution in [0.25, 0.3) is 0 Å². The fraction of sp³-hybridized carbons (Fsp3) is 0.444. The molecule has 1 amide bonds. The van der Waals surface area contributed by atoms with Gasteiger partial charge < -0.3 is 4.90 Å². The molecule has 1 aliphatic rings. The van der Waals surface area contributed by atoms with Crippen LogP contribution in [0.5, 0.6) is 0 Å². The maximum absolute atomic E-state index is 12.4. The third kappa shape index (κ3) is 4.64. The lowest BCUT2D eigenvalue weighted by Crippen LogP contribution is -2.48. The normalized spacial score (nSPS) is 15.1. The van der Waals surface area contributed by atoms with Gasteiger partial charge in [0.15, 0.2) is 5.82 Å². The molecule has 1 aromatic heterocycles. The van der Waals surface area contributed by atoms with Crippen molar-refractivity contribution in [2.75, 3.05) is 26.2 Å². The Morgan fingerprint density at radius 2 is 1.96 bits per heavy atom. The monoisotopic (exact) mass is 338 g/mol. The zero-order chi connectivity index (χ0) is 17.6. The van der Waals surface area contributed by atoms with E-state index in [1.165, 1.54) is 0 Å². The molecule has 25 heavy (non-hydrogen) atoms. The minimum atomic E-state index is 0.192. The van der Waals surface area contributed by atoms with Crippen molar-refractivity contribution in [3.05, 3.63) is 47.0 Å². The van der Waals surface area contributed by atoms with Crippen molar-refractivity contribution in [2.24, 2.45) is 0 Å². The minimum absolute atomic E-state index is 0.192. The first-order chi connectivity index (χ1) is 12.1. The van der Waals surface area contributed by atoms with E-state index in [9.17, 15) is 4.79 Å². The molecule has 130 valence electrons. The van der Waals surface area contributed by atoms with Crippen molar-refractivity contribution < 1.29 is 4.79 Å². The van der Waals surface area contributed by atoms with Gasteiger partial charge in [-0.15, -0.1) is 0 Å². The van der Waals surface area contributed by atoms with Gasteiger partial charge in [0.05, 0.1) is 18.2 Å². The van der Waals surface area contributed by atoms with Gasteiger partial charge in [-0.3, -0.25) is 14.8 Å². The molecule has 7 nitrogen and oxygen atoms in total. The zero-order valence-electron chi connectivity index (χ0n) is 14.4. The second-order valence-corrected chi connectivity index (χ2v) is 6.30. The Bertz CT molecular complexity index is 753. The van der Waals surface area contributed by atoms with Gasteiger partial charge in [0.1, 0.15) is 5.82 Å². The summed E-state index contributed by atoms with van der Waals surface area (Å²) in [4.78, 5) is 20.9. The average molecular weight is 338 g/mol. The van der Waals surface area contributed by atoms with Crippen LogP contribution in [0.4, 0.5) is 0 Å². The van der Waals surface area contributed by atoms with E-state index in [0.717, 1.165) is 49.9 Å². The minimum Gasteiger partial charge on any atom is -0.340 e. The van der Waals surface area contributed by atoms with Crippen LogP contribution in [0.15, 0.2) is 24.3 Å². The number of H-pyrrole nitrogens is 1. The predicted octanol–water partition coefficient (Wildman–Crippen LogP) is 1.26. The van der Waals surface area contributed by atoms with E-state index >= 15 is 0 Å². The number of nitrogens with zero attached hydrogens (tertiary/aromatic N) is 5. The molecule has 0 unspecified atom stereocenters. The Morgan fingerprint density at radius 1 is 1.24 bits per heavy atom. The third-order valence-electron chi connectivity index (χ3n) is 4.44. The summed E-state index contributed by atoms with van der Waals surface area (Å²) in [5.41, 5.74) is 1.73. The van der Waals surface area contributed by atoms with E-state index in [-0.39, 0.29) is 5.91 Å². The molecule has 1 N–H and O–H groups in total. The molecule has 0 aliphatic carbocycles. The van der Waals surface area contributed by atoms with E-state index in [2.05, 4.69) is 26.2 Å². The first kappa shape index (κ1) is 17.1. The molecule has 7 heteroatoms. The quantitative estimate of drug-likeness (QED) is 0.886. The molecule has 0 atom stereocenters. The number of nitrogens with one attached hydrogen (secondary N) is 1. The number of aryl methyl sites for hydroxylation is 2. The smallest absolute Gasteiger partial charge is 0.222 e. The molecule has 1 aromatic carbocycles. The standard InChI is InChI=1S/C18H22N6O/c1-14-20-17(22-21-14)13-23-8-10-24(11-9-23)18(25)7-6-15-2-4-16(12-19)5-3-15/h2-5H,6-11,13H2,1H3,(H,20,21,22). The Hall–Kier alpha value is -2.72. The van der Waals surface area contributed by atoms with Crippen molar-refractivity contribution in [1.82, 2.24) is 25.0 Å². The molecule has 2 aromatic rings. The number of rotatable bonds is 5. The summed E-state index contributed by atoms with van der Waals surface area (Å²) in [6.07, 6.45) is 1.22. The number of carbonyl (C=O) groups excluding carboxylic acids is 1. The SMILES string of the molecule is Cc1nc(CN2CCN(C(=O)CCc3ccc(C#N)cc3)CC2)n[nH]1. The predicted molar refractivity (Wildman–Crippen MR) is 92.5 cm³/mol. The molecule has 2 heterocycles. The topological polar surface area (TPSA) is 88.9 Å². The molecular weight excluding hydrogens is 316 g/mol. The van der Waals surface area contributed by atoms with Crippen LogP contribution in [0.3, 0.4) is 0 Å². The van der Waals surface area contributed by atoms with Crippen LogP contribution in [-0.2, 0) is 17.8 Å². The molecule has 3 rings (SSSR count). The zero-order valence-corrected chi connectivity index (χ0v) is 14.4. The summed E-state index contributed by atoms with van der Waals surface area (Å²) in [5.74, 6) is 1.82. The van der Waals surface area contributed by atoms with E-state index in [0.29, 0.717) is 18.4 Å². The number of hydrogen-bond acceptors (Lipinski definition) is 5. The van der Waals surface area contributed by atoms with Crippen LogP contribution >= 0.6 is 0 Å². The third-order valence-corrected chi connectivity index (χ3v) is 4.44. The van der Waals surface area contributed by atoms with Gasteiger partial charge in [0.25, 0.3) is 0 Å². The first-order valence-electron chi connectivity index (χ1n) is 8.51. The second-order valence-electron chi connectivity index (χ2n) is 6.30. The highest BCUT2D eigenvalue weighted by atomic mass is 16.2. The summed E-state index contributed by atoms with van der Waals surface area (Å²) in [6, 6.07) is 9.53. The number of hydrogen-bond donors (Lipinski definition) is 1. The lowest BCUT2D eigenvalue weighted by atomic mass is 10.1. The van der Waals surface area contributed by atoms with Crippen LogP contribution in [0.2, 0.25) is 0 Å². The second kappa shape index (κ2) is 7.90. The summed E-state index contributed by atoms with van der Waals surface area (Å²) in [5, 5.41) is 15.8. The number of aromatic amines is 1. The summed E-state index contributed by atoms with van der Waals surface area (Å²) < 4.78 is 0. The highest BCUT2D eigenvalue weighted by molar-refractivity contribution is 5.76. The molecule has 1 saturated heterocycles. The Balaban J connectivity index is 1.42. The molecular formula is C18H22N6O. The number of carbonyl (C=O) groups is 1. The van der Waals surface area contributed by atoms with Gasteiger partial charge in [0, 0.05) is 32.6 Å². The van der Waals surface area contributed by atoms with Gasteiger partial charge in [-0.2, -0.15) is 10.4 Å². The Morgan fingerprint density at radius 3 is 2.56 bits per heavy atom. The number of amides is 1. The Kier molecular flexibility index (Phi) is 5.41. The number of nitriles is 1. The summed E-state index contributed by atoms with van der Waals surface area (Å²) in [6.45, 7) is 5.79. The highest BCUT2D eigenvalue weighted by Crippen LogP contribution is 2.10. The first-order valence-corrected chi connectivity index (χ1v) is 8.51. The van der Waals surface area contributed by atoms with Crippen molar-refractivity contribution in [2.45, 2.75) is 26.3 Å². The van der Waals surface area contributed by atoms with Crippen LogP contribution in [0, 0.1) is 18.3 Å². The molecule has 0 spiro atoms. The van der Waals surface area contributed by atoms with Crippen LogP contribution in [0.1, 0.15) is 29.2 Å². The lowest BCUT2D eigenvalue weighted by Gasteiger charge is -2.34. The van der Waals surface area contributed by atoms with Gasteiger partial charge in [-0.25, -0.2) is 4.98 Å². The van der Waals surface area contributed by atoms with Gasteiger partial charge in [-0.05, 0) is 31.0 Å². The summed E-state index contributed by atoms with van der Waals surface area (Å²) in [7, 11) is 0. The van der Waals surface area contributed by atoms with Gasteiger partial charge in [-0.1, -0.05) is 12.1 Å². The van der Waals surface area contributed by atoms with Gasteiger partial charge >= 0.3 is 0 Å². The molecule has 1 fully saturated rings. The summed E-state index contributed by atoms with van der Waals surface area (Å²) >= 11 is 0. The highest BCUT2D eigenvalue weighted by Gasteiger charge is 2.21. The van der Waals surface area contributed by atoms with Crippen molar-refractivity contribution in [3.8, 4) is 6.07 Å². The van der Waals surface area contributed by atoms with Crippen molar-refractivity contribution >= 4 is 5.91 Å². The fourth-order valence-electron chi connectivity index (χ4n) is 2.97. The molecule has 1 aliphatic heterocycles. The van der Waals surface area contributed by atoms with Gasteiger partial charge in [0.2, 0.25) is 5.91 Å².